The summed E-state index contributed by atoms with van der Waals surface area (Å²) in [7, 11) is 3.93. The van der Waals surface area contributed by atoms with Gasteiger partial charge in [0.1, 0.15) is 0 Å². The number of hydrogen-bond acceptors (Lipinski definition) is 3. The molecule has 0 aliphatic carbocycles. The number of aryl methyl sites for hydroxylation is 1. The lowest BCUT2D eigenvalue weighted by atomic mass is 10.0. The standard InChI is InChI=1S/C15H16N2O2/c1-10-8-13(14(9-16-10)15(18)19)11-4-6-12(7-5-11)17(2)3/h4-9H,1-3H3,(H,18,19). The lowest BCUT2D eigenvalue weighted by molar-refractivity contribution is 0.0697. The Balaban J connectivity index is 2.51. The number of aromatic carboxylic acids is 1. The first-order chi connectivity index (χ1) is 8.99. The summed E-state index contributed by atoms with van der Waals surface area (Å²) in [6, 6.07) is 9.59. The maximum absolute atomic E-state index is 11.2. The number of benzene rings is 1. The molecule has 4 nitrogen and oxygen atoms in total. The molecule has 1 heterocycles. The molecule has 1 N–H and O–H groups in total. The van der Waals surface area contributed by atoms with Crippen molar-refractivity contribution in [1.82, 2.24) is 4.98 Å². The molecule has 19 heavy (non-hydrogen) atoms. The van der Waals surface area contributed by atoms with Gasteiger partial charge in [-0.05, 0) is 36.2 Å². The summed E-state index contributed by atoms with van der Waals surface area (Å²) in [5, 5.41) is 9.21. The second-order valence-corrected chi connectivity index (χ2v) is 4.62. The van der Waals surface area contributed by atoms with E-state index in [0.29, 0.717) is 5.56 Å². The van der Waals surface area contributed by atoms with Crippen LogP contribution in [0.25, 0.3) is 11.1 Å². The SMILES string of the molecule is Cc1cc(-c2ccc(N(C)C)cc2)c(C(=O)O)cn1. The third kappa shape index (κ3) is 2.73. The lowest BCUT2D eigenvalue weighted by Crippen LogP contribution is -2.08. The highest BCUT2D eigenvalue weighted by atomic mass is 16.4. The molecule has 0 fully saturated rings. The molecular formula is C15H16N2O2. The van der Waals surface area contributed by atoms with Gasteiger partial charge in [0, 0.05) is 31.7 Å². The van der Waals surface area contributed by atoms with Crippen molar-refractivity contribution in [1.29, 1.82) is 0 Å². The van der Waals surface area contributed by atoms with Crippen LogP contribution in [0.4, 0.5) is 5.69 Å². The van der Waals surface area contributed by atoms with E-state index in [1.807, 2.05) is 50.2 Å². The van der Waals surface area contributed by atoms with Crippen molar-refractivity contribution in [2.75, 3.05) is 19.0 Å². The molecule has 0 saturated carbocycles. The highest BCUT2D eigenvalue weighted by molar-refractivity contribution is 5.95. The topological polar surface area (TPSA) is 53.4 Å². The van der Waals surface area contributed by atoms with Gasteiger partial charge in [-0.1, -0.05) is 12.1 Å². The van der Waals surface area contributed by atoms with E-state index in [4.69, 9.17) is 0 Å². The Bertz CT molecular complexity index is 604. The van der Waals surface area contributed by atoms with Gasteiger partial charge in [-0.15, -0.1) is 0 Å². The molecule has 0 radical (unpaired) electrons. The van der Waals surface area contributed by atoms with Gasteiger partial charge in [0.25, 0.3) is 0 Å². The summed E-state index contributed by atoms with van der Waals surface area (Å²) in [6.07, 6.45) is 1.41. The van der Waals surface area contributed by atoms with E-state index in [9.17, 15) is 9.90 Å². The van der Waals surface area contributed by atoms with Crippen molar-refractivity contribution >= 4 is 11.7 Å². The van der Waals surface area contributed by atoms with Crippen LogP contribution in [0.2, 0.25) is 0 Å². The van der Waals surface area contributed by atoms with Crippen molar-refractivity contribution in [2.24, 2.45) is 0 Å². The molecule has 0 spiro atoms. The van der Waals surface area contributed by atoms with E-state index < -0.39 is 5.97 Å². The minimum Gasteiger partial charge on any atom is -0.478 e. The monoisotopic (exact) mass is 256 g/mol. The number of carboxylic acids is 1. The van der Waals surface area contributed by atoms with Crippen molar-refractivity contribution in [3.63, 3.8) is 0 Å². The molecule has 1 aromatic carbocycles. The average Bonchev–Trinajstić information content (AvgIpc) is 2.38. The van der Waals surface area contributed by atoms with E-state index in [1.165, 1.54) is 6.20 Å². The minimum atomic E-state index is -0.959. The van der Waals surface area contributed by atoms with Crippen molar-refractivity contribution in [3.8, 4) is 11.1 Å². The highest BCUT2D eigenvalue weighted by Gasteiger charge is 2.12. The van der Waals surface area contributed by atoms with Gasteiger partial charge in [-0.3, -0.25) is 4.98 Å². The van der Waals surface area contributed by atoms with Crippen LogP contribution in [0.5, 0.6) is 0 Å². The second-order valence-electron chi connectivity index (χ2n) is 4.62. The van der Waals surface area contributed by atoms with Gasteiger partial charge in [-0.2, -0.15) is 0 Å². The first-order valence-electron chi connectivity index (χ1n) is 5.96. The molecule has 0 unspecified atom stereocenters. The third-order valence-corrected chi connectivity index (χ3v) is 2.97. The van der Waals surface area contributed by atoms with Crippen molar-refractivity contribution < 1.29 is 9.90 Å². The lowest BCUT2D eigenvalue weighted by Gasteiger charge is -2.13. The Morgan fingerprint density at radius 1 is 1.21 bits per heavy atom. The van der Waals surface area contributed by atoms with E-state index in [0.717, 1.165) is 16.9 Å². The first-order valence-corrected chi connectivity index (χ1v) is 5.96. The first kappa shape index (κ1) is 13.1. The second kappa shape index (κ2) is 5.10. The summed E-state index contributed by atoms with van der Waals surface area (Å²) in [5.41, 5.74) is 3.69. The van der Waals surface area contributed by atoms with E-state index in [1.54, 1.807) is 6.07 Å². The Morgan fingerprint density at radius 2 is 1.84 bits per heavy atom. The molecule has 98 valence electrons. The molecule has 4 heteroatoms. The predicted octanol–water partition coefficient (Wildman–Crippen LogP) is 2.82. The minimum absolute atomic E-state index is 0.225. The van der Waals surface area contributed by atoms with Gasteiger partial charge < -0.3 is 10.0 Å². The van der Waals surface area contributed by atoms with Crippen LogP contribution in [-0.2, 0) is 0 Å². The Labute approximate surface area is 112 Å². The number of carboxylic acid groups (broad SMARTS) is 1. The Kier molecular flexibility index (Phi) is 3.51. The quantitative estimate of drug-likeness (QED) is 0.917. The van der Waals surface area contributed by atoms with Crippen LogP contribution in [-0.4, -0.2) is 30.2 Å². The third-order valence-electron chi connectivity index (χ3n) is 2.97. The molecule has 2 rings (SSSR count). The van der Waals surface area contributed by atoms with Gasteiger partial charge in [0.05, 0.1) is 5.56 Å². The number of anilines is 1. The zero-order chi connectivity index (χ0) is 14.0. The fourth-order valence-electron chi connectivity index (χ4n) is 1.91. The zero-order valence-electron chi connectivity index (χ0n) is 11.2. The van der Waals surface area contributed by atoms with Gasteiger partial charge in [-0.25, -0.2) is 4.79 Å². The fraction of sp³-hybridized carbons (Fsp3) is 0.200. The number of nitrogens with zero attached hydrogens (tertiary/aromatic N) is 2. The molecule has 1 aromatic heterocycles. The molecule has 0 amide bonds. The van der Waals surface area contributed by atoms with E-state index in [2.05, 4.69) is 4.98 Å². The van der Waals surface area contributed by atoms with Crippen LogP contribution in [0.1, 0.15) is 16.1 Å². The van der Waals surface area contributed by atoms with Crippen LogP contribution < -0.4 is 4.90 Å². The molecule has 0 saturated heterocycles. The average molecular weight is 256 g/mol. The molecule has 0 aliphatic heterocycles. The molecule has 0 aliphatic rings. The fourth-order valence-corrected chi connectivity index (χ4v) is 1.91. The zero-order valence-corrected chi connectivity index (χ0v) is 11.2. The summed E-state index contributed by atoms with van der Waals surface area (Å²) in [6.45, 7) is 1.85. The summed E-state index contributed by atoms with van der Waals surface area (Å²) < 4.78 is 0. The summed E-state index contributed by atoms with van der Waals surface area (Å²) >= 11 is 0. The predicted molar refractivity (Wildman–Crippen MR) is 75.7 cm³/mol. The number of hydrogen-bond donors (Lipinski definition) is 1. The maximum Gasteiger partial charge on any atom is 0.337 e. The molecular weight excluding hydrogens is 240 g/mol. The Morgan fingerprint density at radius 3 is 2.37 bits per heavy atom. The number of aromatic nitrogens is 1. The Hall–Kier alpha value is -2.36. The van der Waals surface area contributed by atoms with Gasteiger partial charge >= 0.3 is 5.97 Å². The smallest absolute Gasteiger partial charge is 0.337 e. The molecule has 2 aromatic rings. The van der Waals surface area contributed by atoms with Gasteiger partial charge in [0.15, 0.2) is 0 Å². The van der Waals surface area contributed by atoms with E-state index >= 15 is 0 Å². The van der Waals surface area contributed by atoms with Crippen molar-refractivity contribution in [3.05, 3.63) is 47.8 Å². The maximum atomic E-state index is 11.2. The van der Waals surface area contributed by atoms with Crippen LogP contribution in [0.15, 0.2) is 36.5 Å². The van der Waals surface area contributed by atoms with Crippen LogP contribution in [0.3, 0.4) is 0 Å². The van der Waals surface area contributed by atoms with Crippen LogP contribution >= 0.6 is 0 Å². The highest BCUT2D eigenvalue weighted by Crippen LogP contribution is 2.26. The number of rotatable bonds is 3. The number of pyridine rings is 1. The van der Waals surface area contributed by atoms with Gasteiger partial charge in [0.2, 0.25) is 0 Å². The van der Waals surface area contributed by atoms with E-state index in [-0.39, 0.29) is 5.56 Å². The van der Waals surface area contributed by atoms with Crippen LogP contribution in [0, 0.1) is 6.92 Å². The summed E-state index contributed by atoms with van der Waals surface area (Å²) in [5.74, 6) is -0.959. The van der Waals surface area contributed by atoms with Crippen molar-refractivity contribution in [2.45, 2.75) is 6.92 Å². The number of carbonyl (C=O) groups is 1. The largest absolute Gasteiger partial charge is 0.478 e. The normalized spacial score (nSPS) is 10.3. The summed E-state index contributed by atoms with van der Waals surface area (Å²) in [4.78, 5) is 17.3. The molecule has 0 bridgehead atoms. The molecule has 0 atom stereocenters.